The van der Waals surface area contributed by atoms with Crippen LogP contribution in [0, 0.1) is 5.82 Å². The molecule has 1 heterocycles. The maximum absolute atomic E-state index is 13.3. The minimum atomic E-state index is -0.499. The van der Waals surface area contributed by atoms with E-state index in [1.54, 1.807) is 4.90 Å². The van der Waals surface area contributed by atoms with Crippen LogP contribution in [-0.4, -0.2) is 41.1 Å². The van der Waals surface area contributed by atoms with E-state index < -0.39 is 5.82 Å². The molecule has 4 nitrogen and oxygen atoms in total. The van der Waals surface area contributed by atoms with E-state index in [1.807, 2.05) is 0 Å². The number of aromatic hydroxyl groups is 1. The van der Waals surface area contributed by atoms with Crippen molar-refractivity contribution in [2.24, 2.45) is 0 Å². The second-order valence-corrected chi connectivity index (χ2v) is 5.64. The van der Waals surface area contributed by atoms with Crippen LogP contribution in [0.2, 0.25) is 0 Å². The molecule has 1 unspecified atom stereocenters. The number of phenolic OH excluding ortho intramolecular Hbond substituents is 1. The smallest absolute Gasteiger partial charge is 0.258 e. The third-order valence-corrected chi connectivity index (χ3v) is 4.02. The second-order valence-electron chi connectivity index (χ2n) is 5.64. The highest BCUT2D eigenvalue weighted by Gasteiger charge is 2.35. The summed E-state index contributed by atoms with van der Waals surface area (Å²) in [5.41, 5.74) is 0.0647. The summed E-state index contributed by atoms with van der Waals surface area (Å²) in [5, 5.41) is 13.2. The van der Waals surface area contributed by atoms with Crippen LogP contribution in [0.15, 0.2) is 18.2 Å². The third kappa shape index (κ3) is 2.77. The zero-order chi connectivity index (χ0) is 14.1. The molecule has 1 aromatic rings. The molecule has 3 rings (SSSR count). The molecule has 1 saturated carbocycles. The first kappa shape index (κ1) is 13.4. The molecule has 2 fully saturated rings. The van der Waals surface area contributed by atoms with Crippen molar-refractivity contribution in [3.63, 3.8) is 0 Å². The Morgan fingerprint density at radius 2 is 2.20 bits per heavy atom. The number of carbonyl (C=O) groups is 1. The fraction of sp³-hybridized carbons (Fsp3) is 0.533. The first-order valence-corrected chi connectivity index (χ1v) is 7.18. The van der Waals surface area contributed by atoms with Crippen molar-refractivity contribution >= 4 is 5.91 Å². The molecule has 5 heteroatoms. The minimum Gasteiger partial charge on any atom is -0.507 e. The van der Waals surface area contributed by atoms with Crippen molar-refractivity contribution in [3.05, 3.63) is 29.6 Å². The lowest BCUT2D eigenvalue weighted by atomic mass is 10.1. The summed E-state index contributed by atoms with van der Waals surface area (Å²) in [6, 6.07) is 4.07. The Morgan fingerprint density at radius 1 is 1.40 bits per heavy atom. The Morgan fingerprint density at radius 3 is 2.85 bits per heavy atom. The van der Waals surface area contributed by atoms with Gasteiger partial charge in [-0.2, -0.15) is 0 Å². The maximum atomic E-state index is 13.3. The number of phenols is 1. The molecule has 1 aromatic carbocycles. The average Bonchev–Trinajstić information content (AvgIpc) is 3.15. The highest BCUT2D eigenvalue weighted by Crippen LogP contribution is 2.31. The quantitative estimate of drug-likeness (QED) is 0.884. The van der Waals surface area contributed by atoms with Gasteiger partial charge in [0.2, 0.25) is 0 Å². The number of amides is 1. The molecule has 2 aliphatic rings. The predicted octanol–water partition coefficient (Wildman–Crippen LogP) is 1.89. The Bertz CT molecular complexity index is 511. The molecule has 0 radical (unpaired) electrons. The molecule has 20 heavy (non-hydrogen) atoms. The Labute approximate surface area is 117 Å². The predicted molar refractivity (Wildman–Crippen MR) is 73.1 cm³/mol. The summed E-state index contributed by atoms with van der Waals surface area (Å²) in [7, 11) is 0. The number of hydrogen-bond acceptors (Lipinski definition) is 3. The van der Waals surface area contributed by atoms with Crippen LogP contribution in [0.1, 0.15) is 36.0 Å². The summed E-state index contributed by atoms with van der Waals surface area (Å²) in [4.78, 5) is 14.3. The molecule has 1 aliphatic heterocycles. The zero-order valence-corrected chi connectivity index (χ0v) is 11.3. The summed E-state index contributed by atoms with van der Waals surface area (Å²) in [5.74, 6) is -0.916. The van der Waals surface area contributed by atoms with Crippen molar-refractivity contribution in [3.8, 4) is 5.75 Å². The minimum absolute atomic E-state index is 0.0647. The van der Waals surface area contributed by atoms with E-state index in [4.69, 9.17) is 0 Å². The lowest BCUT2D eigenvalue weighted by Gasteiger charge is -2.26. The summed E-state index contributed by atoms with van der Waals surface area (Å²) < 4.78 is 13.3. The highest BCUT2D eigenvalue weighted by atomic mass is 19.1. The van der Waals surface area contributed by atoms with Gasteiger partial charge in [0.15, 0.2) is 0 Å². The normalized spacial score (nSPS) is 21.9. The first-order chi connectivity index (χ1) is 9.65. The number of nitrogens with zero attached hydrogens (tertiary/aromatic N) is 1. The van der Waals surface area contributed by atoms with Gasteiger partial charge in [-0.05, 0) is 50.4 Å². The number of carbonyl (C=O) groups excluding carboxylic acids is 1. The van der Waals surface area contributed by atoms with Gasteiger partial charge in [-0.3, -0.25) is 4.79 Å². The highest BCUT2D eigenvalue weighted by molar-refractivity contribution is 5.97. The number of nitrogens with one attached hydrogen (secondary N) is 1. The Kier molecular flexibility index (Phi) is 3.61. The third-order valence-electron chi connectivity index (χ3n) is 4.02. The van der Waals surface area contributed by atoms with Crippen LogP contribution in [-0.2, 0) is 0 Å². The SMILES string of the molecule is O=C(c1cc(F)ccc1O)N(CC1CCCN1)C1CC1. The largest absolute Gasteiger partial charge is 0.507 e. The van der Waals surface area contributed by atoms with Crippen molar-refractivity contribution in [1.82, 2.24) is 10.2 Å². The summed E-state index contributed by atoms with van der Waals surface area (Å²) >= 11 is 0. The van der Waals surface area contributed by atoms with Crippen LogP contribution in [0.25, 0.3) is 0 Å². The fourth-order valence-corrected chi connectivity index (χ4v) is 2.77. The average molecular weight is 278 g/mol. The Hall–Kier alpha value is -1.62. The van der Waals surface area contributed by atoms with Gasteiger partial charge in [0.05, 0.1) is 5.56 Å². The van der Waals surface area contributed by atoms with E-state index in [1.165, 1.54) is 6.07 Å². The van der Waals surface area contributed by atoms with Crippen molar-refractivity contribution in [1.29, 1.82) is 0 Å². The monoisotopic (exact) mass is 278 g/mol. The molecule has 0 aromatic heterocycles. The number of benzene rings is 1. The summed E-state index contributed by atoms with van der Waals surface area (Å²) in [6.07, 6.45) is 4.18. The fourth-order valence-electron chi connectivity index (χ4n) is 2.77. The molecule has 0 spiro atoms. The molecule has 108 valence electrons. The van der Waals surface area contributed by atoms with Gasteiger partial charge in [0, 0.05) is 18.6 Å². The van der Waals surface area contributed by atoms with E-state index >= 15 is 0 Å². The van der Waals surface area contributed by atoms with Gasteiger partial charge in [-0.15, -0.1) is 0 Å². The lowest BCUT2D eigenvalue weighted by Crippen LogP contribution is -2.42. The van der Waals surface area contributed by atoms with E-state index in [0.717, 1.165) is 44.4 Å². The second kappa shape index (κ2) is 5.40. The van der Waals surface area contributed by atoms with Gasteiger partial charge in [-0.25, -0.2) is 4.39 Å². The molecular weight excluding hydrogens is 259 g/mol. The van der Waals surface area contributed by atoms with Gasteiger partial charge < -0.3 is 15.3 Å². The Balaban J connectivity index is 1.79. The van der Waals surface area contributed by atoms with Gasteiger partial charge in [-0.1, -0.05) is 0 Å². The van der Waals surface area contributed by atoms with Crippen LogP contribution in [0.4, 0.5) is 4.39 Å². The van der Waals surface area contributed by atoms with Gasteiger partial charge in [0.25, 0.3) is 5.91 Å². The number of hydrogen-bond donors (Lipinski definition) is 2. The molecule has 1 aliphatic carbocycles. The first-order valence-electron chi connectivity index (χ1n) is 7.18. The van der Waals surface area contributed by atoms with Crippen LogP contribution >= 0.6 is 0 Å². The molecule has 0 bridgehead atoms. The molecular formula is C15H19FN2O2. The van der Waals surface area contributed by atoms with E-state index in [2.05, 4.69) is 5.32 Å². The molecule has 1 atom stereocenters. The van der Waals surface area contributed by atoms with Gasteiger partial charge >= 0.3 is 0 Å². The van der Waals surface area contributed by atoms with Crippen LogP contribution in [0.5, 0.6) is 5.75 Å². The van der Waals surface area contributed by atoms with Crippen LogP contribution < -0.4 is 5.32 Å². The molecule has 2 N–H and O–H groups in total. The van der Waals surface area contributed by atoms with Gasteiger partial charge in [0.1, 0.15) is 11.6 Å². The number of rotatable bonds is 4. The van der Waals surface area contributed by atoms with Crippen molar-refractivity contribution in [2.75, 3.05) is 13.1 Å². The molecule has 1 amide bonds. The maximum Gasteiger partial charge on any atom is 0.258 e. The van der Waals surface area contributed by atoms with E-state index in [9.17, 15) is 14.3 Å². The molecule has 1 saturated heterocycles. The van der Waals surface area contributed by atoms with Crippen LogP contribution in [0.3, 0.4) is 0 Å². The van der Waals surface area contributed by atoms with E-state index in [-0.39, 0.29) is 23.3 Å². The summed E-state index contributed by atoms with van der Waals surface area (Å²) in [6.45, 7) is 1.63. The standard InChI is InChI=1S/C15H19FN2O2/c16-10-3-6-14(19)13(8-10)15(20)18(12-4-5-12)9-11-2-1-7-17-11/h3,6,8,11-12,17,19H,1-2,4-5,7,9H2. The van der Waals surface area contributed by atoms with Crippen molar-refractivity contribution < 1.29 is 14.3 Å². The van der Waals surface area contributed by atoms with E-state index in [0.29, 0.717) is 12.6 Å². The topological polar surface area (TPSA) is 52.6 Å². The zero-order valence-electron chi connectivity index (χ0n) is 11.3. The lowest BCUT2D eigenvalue weighted by molar-refractivity contribution is 0.0725. The number of halogens is 1. The van der Waals surface area contributed by atoms with Crippen molar-refractivity contribution in [2.45, 2.75) is 37.8 Å².